The number of aliphatic imine (C=N–C) groups is 1. The summed E-state index contributed by atoms with van der Waals surface area (Å²) in [6.45, 7) is 5.64. The van der Waals surface area contributed by atoms with Crippen molar-refractivity contribution in [3.63, 3.8) is 0 Å². The number of sulfone groups is 1. The average molecular weight is 471 g/mol. The summed E-state index contributed by atoms with van der Waals surface area (Å²) in [5.74, 6) is 1.79. The highest BCUT2D eigenvalue weighted by Crippen LogP contribution is 2.24. The molecule has 142 valence electrons. The Morgan fingerprint density at radius 3 is 2.29 bits per heavy atom. The number of halogens is 1. The van der Waals surface area contributed by atoms with Crippen LogP contribution in [0, 0.1) is 5.92 Å². The maximum absolute atomic E-state index is 12.1. The van der Waals surface area contributed by atoms with Crippen molar-refractivity contribution in [1.29, 1.82) is 0 Å². The molecule has 0 bridgehead atoms. The van der Waals surface area contributed by atoms with Crippen molar-refractivity contribution < 1.29 is 8.42 Å². The van der Waals surface area contributed by atoms with Crippen LogP contribution in [0.1, 0.15) is 58.8 Å². The van der Waals surface area contributed by atoms with Gasteiger partial charge in [0, 0.05) is 26.7 Å². The molecule has 1 saturated heterocycles. The Bertz CT molecular complexity index is 512. The molecule has 0 aromatic heterocycles. The molecule has 1 aliphatic heterocycles. The Morgan fingerprint density at radius 1 is 1.17 bits per heavy atom. The van der Waals surface area contributed by atoms with Crippen molar-refractivity contribution in [2.24, 2.45) is 10.9 Å². The summed E-state index contributed by atoms with van der Waals surface area (Å²) in [4.78, 5) is 6.49. The molecule has 0 spiro atoms. The Kier molecular flexibility index (Phi) is 8.79. The molecule has 1 heterocycles. The molecule has 1 saturated carbocycles. The minimum Gasteiger partial charge on any atom is -0.356 e. The fourth-order valence-electron chi connectivity index (χ4n) is 3.64. The van der Waals surface area contributed by atoms with Gasteiger partial charge in [-0.15, -0.1) is 24.0 Å². The third-order valence-electron chi connectivity index (χ3n) is 5.33. The van der Waals surface area contributed by atoms with Gasteiger partial charge >= 0.3 is 0 Å². The second-order valence-corrected chi connectivity index (χ2v) is 10.4. The van der Waals surface area contributed by atoms with Crippen LogP contribution in [0.15, 0.2) is 4.99 Å². The lowest BCUT2D eigenvalue weighted by Gasteiger charge is -2.39. The van der Waals surface area contributed by atoms with Gasteiger partial charge in [0.25, 0.3) is 0 Å². The highest BCUT2D eigenvalue weighted by molar-refractivity contribution is 14.0. The van der Waals surface area contributed by atoms with Gasteiger partial charge < -0.3 is 10.2 Å². The van der Waals surface area contributed by atoms with Crippen molar-refractivity contribution in [1.82, 2.24) is 10.2 Å². The maximum Gasteiger partial charge on any atom is 0.193 e. The Hall–Kier alpha value is -0.0500. The summed E-state index contributed by atoms with van der Waals surface area (Å²) < 4.78 is 23.6. The van der Waals surface area contributed by atoms with E-state index in [9.17, 15) is 8.42 Å². The molecular weight excluding hydrogens is 437 g/mol. The van der Waals surface area contributed by atoms with Gasteiger partial charge in [0.15, 0.2) is 15.8 Å². The van der Waals surface area contributed by atoms with Crippen LogP contribution >= 0.6 is 24.0 Å². The minimum absolute atomic E-state index is 0. The molecule has 0 atom stereocenters. The standard InChI is InChI=1S/C17H33N3O2S.HI/c1-17(2)14-20(11-12-23(17,21)22)16(18-3)19-13-15-9-7-5-4-6-8-10-15;/h15H,4-14H2,1-3H3,(H,18,19);1H. The normalized spacial score (nSPS) is 25.3. The zero-order valence-electron chi connectivity index (χ0n) is 15.4. The van der Waals surface area contributed by atoms with Gasteiger partial charge in [-0.2, -0.15) is 0 Å². The molecule has 24 heavy (non-hydrogen) atoms. The Balaban J connectivity index is 0.00000288. The molecule has 2 aliphatic rings. The molecule has 0 amide bonds. The third-order valence-corrected chi connectivity index (χ3v) is 7.86. The Labute approximate surface area is 165 Å². The molecule has 0 unspecified atom stereocenters. The first-order chi connectivity index (χ1) is 10.9. The summed E-state index contributed by atoms with van der Waals surface area (Å²) in [5.41, 5.74) is 0. The van der Waals surface area contributed by atoms with Gasteiger partial charge in [0.2, 0.25) is 0 Å². The quantitative estimate of drug-likeness (QED) is 0.382. The van der Waals surface area contributed by atoms with Gasteiger partial charge in [-0.1, -0.05) is 32.1 Å². The van der Waals surface area contributed by atoms with E-state index >= 15 is 0 Å². The number of nitrogens with one attached hydrogen (secondary N) is 1. The number of nitrogens with zero attached hydrogens (tertiary/aromatic N) is 2. The second kappa shape index (κ2) is 9.59. The van der Waals surface area contributed by atoms with Crippen LogP contribution in [0.2, 0.25) is 0 Å². The molecule has 2 fully saturated rings. The molecule has 5 nitrogen and oxygen atoms in total. The lowest BCUT2D eigenvalue weighted by molar-refractivity contribution is 0.338. The lowest BCUT2D eigenvalue weighted by Crippen LogP contribution is -2.57. The van der Waals surface area contributed by atoms with Crippen LogP contribution in [0.4, 0.5) is 0 Å². The van der Waals surface area contributed by atoms with Gasteiger partial charge in [0.05, 0.1) is 10.5 Å². The molecule has 0 aromatic rings. The van der Waals surface area contributed by atoms with E-state index in [0.717, 1.165) is 12.5 Å². The zero-order valence-corrected chi connectivity index (χ0v) is 18.5. The van der Waals surface area contributed by atoms with Gasteiger partial charge in [0.1, 0.15) is 0 Å². The van der Waals surface area contributed by atoms with Crippen molar-refractivity contribution in [2.45, 2.75) is 63.5 Å². The van der Waals surface area contributed by atoms with E-state index in [4.69, 9.17) is 0 Å². The van der Waals surface area contributed by atoms with E-state index in [-0.39, 0.29) is 29.7 Å². The van der Waals surface area contributed by atoms with Crippen molar-refractivity contribution in [2.75, 3.05) is 32.4 Å². The largest absolute Gasteiger partial charge is 0.356 e. The molecule has 0 aromatic carbocycles. The summed E-state index contributed by atoms with van der Waals surface area (Å²) in [6, 6.07) is 0. The minimum atomic E-state index is -3.00. The topological polar surface area (TPSA) is 61.8 Å². The van der Waals surface area contributed by atoms with Crippen LogP contribution in [0.25, 0.3) is 0 Å². The van der Waals surface area contributed by atoms with Crippen molar-refractivity contribution in [3.05, 3.63) is 0 Å². The predicted octanol–water partition coefficient (Wildman–Crippen LogP) is 3.05. The average Bonchev–Trinajstić information content (AvgIpc) is 2.45. The van der Waals surface area contributed by atoms with Crippen LogP contribution in [0.3, 0.4) is 0 Å². The Morgan fingerprint density at radius 2 is 1.75 bits per heavy atom. The highest BCUT2D eigenvalue weighted by atomic mass is 127. The fraction of sp³-hybridized carbons (Fsp3) is 0.941. The number of guanidine groups is 1. The number of hydrogen-bond donors (Lipinski definition) is 1. The maximum atomic E-state index is 12.1. The van der Waals surface area contributed by atoms with E-state index in [2.05, 4.69) is 15.2 Å². The summed E-state index contributed by atoms with van der Waals surface area (Å²) >= 11 is 0. The lowest BCUT2D eigenvalue weighted by atomic mass is 9.91. The molecule has 1 N–H and O–H groups in total. The van der Waals surface area contributed by atoms with Crippen LogP contribution < -0.4 is 5.32 Å². The number of rotatable bonds is 2. The molecule has 0 radical (unpaired) electrons. The first kappa shape index (κ1) is 22.0. The summed E-state index contributed by atoms with van der Waals surface area (Å²) in [5, 5.41) is 3.50. The van der Waals surface area contributed by atoms with Crippen LogP contribution in [-0.4, -0.2) is 56.5 Å². The van der Waals surface area contributed by atoms with Crippen LogP contribution in [-0.2, 0) is 9.84 Å². The SMILES string of the molecule is CN=C(NCC1CCCCCCC1)N1CCS(=O)(=O)C(C)(C)C1.I. The van der Waals surface area contributed by atoms with Gasteiger partial charge in [-0.25, -0.2) is 8.42 Å². The van der Waals surface area contributed by atoms with E-state index in [0.29, 0.717) is 19.0 Å². The summed E-state index contributed by atoms with van der Waals surface area (Å²) in [7, 11) is -1.22. The third kappa shape index (κ3) is 5.75. The predicted molar refractivity (Wildman–Crippen MR) is 112 cm³/mol. The monoisotopic (exact) mass is 471 g/mol. The second-order valence-electron chi connectivity index (χ2n) is 7.64. The molecular formula is C17H34IN3O2S. The van der Waals surface area contributed by atoms with E-state index in [1.54, 1.807) is 7.05 Å². The smallest absolute Gasteiger partial charge is 0.193 e. The van der Waals surface area contributed by atoms with E-state index in [1.807, 2.05) is 13.8 Å². The van der Waals surface area contributed by atoms with Crippen LogP contribution in [0.5, 0.6) is 0 Å². The zero-order chi connectivity index (χ0) is 16.9. The van der Waals surface area contributed by atoms with E-state index < -0.39 is 14.6 Å². The van der Waals surface area contributed by atoms with E-state index in [1.165, 1.54) is 44.9 Å². The van der Waals surface area contributed by atoms with Crippen molar-refractivity contribution >= 4 is 39.8 Å². The molecule has 1 aliphatic carbocycles. The molecule has 2 rings (SSSR count). The van der Waals surface area contributed by atoms with Gasteiger partial charge in [-0.3, -0.25) is 4.99 Å². The summed E-state index contributed by atoms with van der Waals surface area (Å²) in [6.07, 6.45) is 9.37. The first-order valence-electron chi connectivity index (χ1n) is 9.03. The number of hydrogen-bond acceptors (Lipinski definition) is 3. The fourth-order valence-corrected chi connectivity index (χ4v) is 5.00. The molecule has 7 heteroatoms. The highest BCUT2D eigenvalue weighted by Gasteiger charge is 2.40. The van der Waals surface area contributed by atoms with Crippen molar-refractivity contribution in [3.8, 4) is 0 Å². The van der Waals surface area contributed by atoms with Gasteiger partial charge in [-0.05, 0) is 32.6 Å². The first-order valence-corrected chi connectivity index (χ1v) is 10.7.